The summed E-state index contributed by atoms with van der Waals surface area (Å²) in [6.45, 7) is 0. The number of anilines is 1. The average Bonchev–Trinajstić information content (AvgIpc) is 2.27. The lowest BCUT2D eigenvalue weighted by Crippen LogP contribution is -2.16. The maximum absolute atomic E-state index is 11.2. The Labute approximate surface area is 99.0 Å². The summed E-state index contributed by atoms with van der Waals surface area (Å²) < 4.78 is 0. The molecule has 3 N–H and O–H groups in total. The molecular formula is C12H13N4O. The molecule has 1 radical (unpaired) electrons. The van der Waals surface area contributed by atoms with Crippen LogP contribution in [-0.4, -0.2) is 25.0 Å². The third kappa shape index (κ3) is 1.99. The molecule has 0 bridgehead atoms. The molecule has 1 aromatic heterocycles. The second-order valence-electron chi connectivity index (χ2n) is 4.02. The molecule has 0 fully saturated rings. The Morgan fingerprint density at radius 2 is 2.06 bits per heavy atom. The highest BCUT2D eigenvalue weighted by molar-refractivity contribution is 6.00. The van der Waals surface area contributed by atoms with Gasteiger partial charge < -0.3 is 16.4 Å². The van der Waals surface area contributed by atoms with Crippen molar-refractivity contribution in [2.45, 2.75) is 0 Å². The second kappa shape index (κ2) is 3.93. The van der Waals surface area contributed by atoms with Gasteiger partial charge in [-0.25, -0.2) is 4.98 Å². The van der Waals surface area contributed by atoms with Crippen LogP contribution in [0.4, 0.5) is 11.4 Å². The van der Waals surface area contributed by atoms with Crippen molar-refractivity contribution in [1.29, 1.82) is 0 Å². The van der Waals surface area contributed by atoms with Crippen LogP contribution < -0.4 is 16.4 Å². The lowest BCUT2D eigenvalue weighted by Gasteiger charge is -2.16. The smallest absolute Gasteiger partial charge is 0.267 e. The number of nitrogens with one attached hydrogen (secondary N) is 1. The minimum Gasteiger partial charge on any atom is -0.377 e. The third-order valence-corrected chi connectivity index (χ3v) is 2.52. The van der Waals surface area contributed by atoms with Gasteiger partial charge in [0.05, 0.1) is 11.2 Å². The zero-order chi connectivity index (χ0) is 12.6. The Kier molecular flexibility index (Phi) is 2.59. The number of carbonyl (C=O) groups excluding carboxylic acids is 1. The molecule has 17 heavy (non-hydrogen) atoms. The van der Waals surface area contributed by atoms with Crippen molar-refractivity contribution in [3.05, 3.63) is 30.0 Å². The standard InChI is InChI=1S/C12H13N4O/c1-16(2)11-6-10(12(14)17)15-9-4-3-7(13)5-8(9)11/h3-6,13H,1-2H3,(H2,14,17). The molecule has 5 nitrogen and oxygen atoms in total. The number of hydrogen-bond acceptors (Lipinski definition) is 3. The molecule has 1 heterocycles. The van der Waals surface area contributed by atoms with E-state index in [4.69, 9.17) is 11.5 Å². The van der Waals surface area contributed by atoms with Gasteiger partial charge in [-0.1, -0.05) is 0 Å². The summed E-state index contributed by atoms with van der Waals surface area (Å²) in [7, 11) is 3.74. The van der Waals surface area contributed by atoms with Crippen molar-refractivity contribution >= 4 is 28.2 Å². The molecule has 1 amide bonds. The number of hydrogen-bond donors (Lipinski definition) is 1. The van der Waals surface area contributed by atoms with E-state index >= 15 is 0 Å². The highest BCUT2D eigenvalue weighted by Gasteiger charge is 2.11. The maximum Gasteiger partial charge on any atom is 0.267 e. The number of fused-ring (bicyclic) bond motifs is 1. The van der Waals surface area contributed by atoms with E-state index in [1.807, 2.05) is 19.0 Å². The summed E-state index contributed by atoms with van der Waals surface area (Å²) in [5.74, 6) is -0.551. The monoisotopic (exact) mass is 229 g/mol. The van der Waals surface area contributed by atoms with Crippen LogP contribution in [-0.2, 0) is 0 Å². The van der Waals surface area contributed by atoms with E-state index in [-0.39, 0.29) is 5.69 Å². The fourth-order valence-corrected chi connectivity index (χ4v) is 1.70. The van der Waals surface area contributed by atoms with Crippen LogP contribution in [0.5, 0.6) is 0 Å². The van der Waals surface area contributed by atoms with Crippen LogP contribution in [0, 0.1) is 0 Å². The number of carbonyl (C=O) groups is 1. The van der Waals surface area contributed by atoms with E-state index in [1.54, 1.807) is 24.3 Å². The Morgan fingerprint density at radius 1 is 1.35 bits per heavy atom. The van der Waals surface area contributed by atoms with Crippen molar-refractivity contribution < 1.29 is 4.79 Å². The number of nitrogens with two attached hydrogens (primary N) is 1. The molecule has 0 atom stereocenters. The first-order valence-corrected chi connectivity index (χ1v) is 5.12. The van der Waals surface area contributed by atoms with Crippen molar-refractivity contribution in [3.63, 3.8) is 0 Å². The van der Waals surface area contributed by atoms with Crippen LogP contribution in [0.3, 0.4) is 0 Å². The average molecular weight is 229 g/mol. The van der Waals surface area contributed by atoms with Crippen molar-refractivity contribution in [2.24, 2.45) is 5.73 Å². The molecular weight excluding hydrogens is 216 g/mol. The van der Waals surface area contributed by atoms with Crippen molar-refractivity contribution in [3.8, 4) is 0 Å². The first-order chi connectivity index (χ1) is 7.99. The number of aromatic nitrogens is 1. The zero-order valence-electron chi connectivity index (χ0n) is 9.69. The van der Waals surface area contributed by atoms with Crippen molar-refractivity contribution in [1.82, 2.24) is 10.7 Å². The maximum atomic E-state index is 11.2. The molecule has 0 saturated heterocycles. The number of rotatable bonds is 2. The quantitative estimate of drug-likeness (QED) is 0.842. The Balaban J connectivity index is 2.81. The van der Waals surface area contributed by atoms with Gasteiger partial charge in [0, 0.05) is 25.2 Å². The summed E-state index contributed by atoms with van der Waals surface area (Å²) in [5, 5.41) is 0.840. The van der Waals surface area contributed by atoms with Gasteiger partial charge in [-0.2, -0.15) is 0 Å². The molecule has 0 aliphatic carbocycles. The summed E-state index contributed by atoms with van der Waals surface area (Å²) in [5.41, 5.74) is 15.0. The molecule has 0 saturated carbocycles. The number of pyridine rings is 1. The minimum atomic E-state index is -0.551. The highest BCUT2D eigenvalue weighted by Crippen LogP contribution is 2.27. The molecule has 2 rings (SSSR count). The van der Waals surface area contributed by atoms with Gasteiger partial charge in [-0.05, 0) is 24.3 Å². The number of benzene rings is 1. The first-order valence-electron chi connectivity index (χ1n) is 5.12. The number of nitrogens with zero attached hydrogens (tertiary/aromatic N) is 2. The van der Waals surface area contributed by atoms with E-state index in [2.05, 4.69) is 4.98 Å². The topological polar surface area (TPSA) is 83.0 Å². The minimum absolute atomic E-state index is 0.235. The van der Waals surface area contributed by atoms with E-state index in [0.29, 0.717) is 11.2 Å². The largest absolute Gasteiger partial charge is 0.377 e. The Hall–Kier alpha value is -2.30. The fraction of sp³-hybridized carbons (Fsp3) is 0.167. The highest BCUT2D eigenvalue weighted by atomic mass is 16.1. The van der Waals surface area contributed by atoms with Crippen LogP contribution in [0.25, 0.3) is 10.9 Å². The van der Waals surface area contributed by atoms with Gasteiger partial charge in [0.1, 0.15) is 5.69 Å². The first kappa shape index (κ1) is 11.2. The second-order valence-corrected chi connectivity index (χ2v) is 4.02. The van der Waals surface area contributed by atoms with Gasteiger partial charge in [-0.15, -0.1) is 0 Å². The summed E-state index contributed by atoms with van der Waals surface area (Å²) in [4.78, 5) is 17.2. The number of primary amides is 1. The van der Waals surface area contributed by atoms with Crippen molar-refractivity contribution in [2.75, 3.05) is 19.0 Å². The molecule has 0 unspecified atom stereocenters. The van der Waals surface area contributed by atoms with Crippen LogP contribution >= 0.6 is 0 Å². The normalized spacial score (nSPS) is 10.5. The van der Waals surface area contributed by atoms with Crippen LogP contribution in [0.15, 0.2) is 24.3 Å². The number of amides is 1. The van der Waals surface area contributed by atoms with E-state index in [1.165, 1.54) is 0 Å². The molecule has 87 valence electrons. The lowest BCUT2D eigenvalue weighted by molar-refractivity contribution is 0.0996. The molecule has 0 aliphatic rings. The molecule has 0 spiro atoms. The summed E-state index contributed by atoms with van der Waals surface area (Å²) >= 11 is 0. The van der Waals surface area contributed by atoms with Gasteiger partial charge in [0.25, 0.3) is 5.91 Å². The van der Waals surface area contributed by atoms with Crippen LogP contribution in [0.1, 0.15) is 10.5 Å². The summed E-state index contributed by atoms with van der Waals surface area (Å²) in [6, 6.07) is 6.73. The lowest BCUT2D eigenvalue weighted by atomic mass is 10.1. The SMILES string of the molecule is CN(C)c1cc(C(N)=O)nc2ccc([NH])cc12. The Bertz CT molecular complexity index is 592. The molecule has 1 aromatic carbocycles. The molecule has 5 heteroatoms. The third-order valence-electron chi connectivity index (χ3n) is 2.52. The van der Waals surface area contributed by atoms with Gasteiger partial charge in [-0.3, -0.25) is 4.79 Å². The van der Waals surface area contributed by atoms with Gasteiger partial charge in [0.15, 0.2) is 0 Å². The van der Waals surface area contributed by atoms with E-state index < -0.39 is 5.91 Å². The Morgan fingerprint density at radius 3 is 2.65 bits per heavy atom. The van der Waals surface area contributed by atoms with Crippen LogP contribution in [0.2, 0.25) is 0 Å². The zero-order valence-corrected chi connectivity index (χ0v) is 9.69. The van der Waals surface area contributed by atoms with Gasteiger partial charge in [0.2, 0.25) is 0 Å². The predicted octanol–water partition coefficient (Wildman–Crippen LogP) is 1.31. The molecule has 2 aromatic rings. The van der Waals surface area contributed by atoms with Gasteiger partial charge >= 0.3 is 0 Å². The predicted molar refractivity (Wildman–Crippen MR) is 67.3 cm³/mol. The van der Waals surface area contributed by atoms with E-state index in [9.17, 15) is 4.79 Å². The fourth-order valence-electron chi connectivity index (χ4n) is 1.70. The summed E-state index contributed by atoms with van der Waals surface area (Å²) in [6.07, 6.45) is 0. The van der Waals surface area contributed by atoms with E-state index in [0.717, 1.165) is 11.1 Å². The molecule has 0 aliphatic heterocycles.